The Kier molecular flexibility index (Phi) is 8.63. The van der Waals surface area contributed by atoms with Crippen LogP contribution in [0.4, 0.5) is 5.95 Å². The van der Waals surface area contributed by atoms with Crippen molar-refractivity contribution < 1.29 is 22.7 Å². The lowest BCUT2D eigenvalue weighted by Gasteiger charge is -2.33. The predicted molar refractivity (Wildman–Crippen MR) is 164 cm³/mol. The first-order chi connectivity index (χ1) is 20.6. The Morgan fingerprint density at radius 1 is 1.07 bits per heavy atom. The van der Waals surface area contributed by atoms with E-state index >= 15 is 0 Å². The van der Waals surface area contributed by atoms with E-state index in [1.807, 2.05) is 32.0 Å². The van der Waals surface area contributed by atoms with Gasteiger partial charge >= 0.3 is 0 Å². The maximum Gasteiger partial charge on any atom is 0.264 e. The normalized spacial score (nSPS) is 16.4. The maximum atomic E-state index is 14.2. The van der Waals surface area contributed by atoms with Crippen LogP contribution in [0.15, 0.2) is 71.9 Å². The van der Waals surface area contributed by atoms with Gasteiger partial charge < -0.3 is 14.4 Å². The van der Waals surface area contributed by atoms with Crippen molar-refractivity contribution >= 4 is 21.9 Å². The molecule has 0 fully saturated rings. The first-order valence-electron chi connectivity index (χ1n) is 14.0. The molecule has 1 N–H and O–H groups in total. The minimum Gasteiger partial charge on any atom is -0.496 e. The lowest BCUT2D eigenvalue weighted by atomic mass is 10.00. The van der Waals surface area contributed by atoms with Crippen molar-refractivity contribution in [3.05, 3.63) is 89.2 Å². The van der Waals surface area contributed by atoms with Crippen LogP contribution >= 0.6 is 0 Å². The Bertz CT molecular complexity index is 1740. The lowest BCUT2D eigenvalue weighted by molar-refractivity contribution is 0.0551. The third kappa shape index (κ3) is 6.61. The summed E-state index contributed by atoms with van der Waals surface area (Å²) in [5.41, 5.74) is 4.27. The van der Waals surface area contributed by atoms with Crippen molar-refractivity contribution in [3.8, 4) is 22.9 Å². The SMILES string of the molecule is COc1ccncc1CN1C(=O)c2cccc(c2)S(=O)(=O)Nc2nc(cc(-c3c(C)cccc3C)n2)OC[C@H]1CC(C)C. The molecule has 10 nitrogen and oxygen atoms in total. The molecule has 2 aromatic heterocycles. The van der Waals surface area contributed by atoms with Crippen molar-refractivity contribution in [2.45, 2.75) is 51.6 Å². The number of rotatable bonds is 6. The molecule has 0 radical (unpaired) electrons. The van der Waals surface area contributed by atoms with Gasteiger partial charge in [-0.25, -0.2) is 18.1 Å². The fraction of sp³-hybridized carbons (Fsp3) is 0.312. The zero-order valence-electron chi connectivity index (χ0n) is 24.9. The second kappa shape index (κ2) is 12.4. The van der Waals surface area contributed by atoms with Crippen LogP contribution in [0.25, 0.3) is 11.3 Å². The average molecular weight is 602 g/mol. The smallest absolute Gasteiger partial charge is 0.264 e. The summed E-state index contributed by atoms with van der Waals surface area (Å²) in [5.74, 6) is 0.537. The summed E-state index contributed by atoms with van der Waals surface area (Å²) in [6, 6.07) is 14.9. The number of methoxy groups -OCH3 is 1. The molecular formula is C32H35N5O5S. The number of nitrogens with one attached hydrogen (secondary N) is 1. The molecule has 224 valence electrons. The summed E-state index contributed by atoms with van der Waals surface area (Å²) >= 11 is 0. The van der Waals surface area contributed by atoms with Gasteiger partial charge in [-0.2, -0.15) is 4.98 Å². The quantitative estimate of drug-likeness (QED) is 0.311. The number of anilines is 1. The van der Waals surface area contributed by atoms with Gasteiger partial charge in [0.15, 0.2) is 0 Å². The van der Waals surface area contributed by atoms with E-state index in [1.165, 1.54) is 12.1 Å². The summed E-state index contributed by atoms with van der Waals surface area (Å²) in [6.45, 7) is 8.38. The largest absolute Gasteiger partial charge is 0.496 e. The number of ether oxygens (including phenoxy) is 2. The van der Waals surface area contributed by atoms with E-state index in [0.29, 0.717) is 23.4 Å². The van der Waals surface area contributed by atoms with Crippen LogP contribution in [0.2, 0.25) is 0 Å². The molecule has 3 heterocycles. The number of nitrogens with zero attached hydrogens (tertiary/aromatic N) is 4. The molecule has 0 aliphatic carbocycles. The summed E-state index contributed by atoms with van der Waals surface area (Å²) in [6.07, 6.45) is 3.91. The Hall–Kier alpha value is -4.51. The van der Waals surface area contributed by atoms with Crippen molar-refractivity contribution in [3.63, 3.8) is 0 Å². The Morgan fingerprint density at radius 3 is 2.53 bits per heavy atom. The molecule has 43 heavy (non-hydrogen) atoms. The topological polar surface area (TPSA) is 124 Å². The number of sulfonamides is 1. The number of aromatic nitrogens is 3. The third-order valence-corrected chi connectivity index (χ3v) is 8.67. The van der Waals surface area contributed by atoms with Crippen LogP contribution in [0.5, 0.6) is 11.6 Å². The fourth-order valence-corrected chi connectivity index (χ4v) is 6.32. The Morgan fingerprint density at radius 2 is 1.81 bits per heavy atom. The predicted octanol–water partition coefficient (Wildman–Crippen LogP) is 5.41. The fourth-order valence-electron chi connectivity index (χ4n) is 5.33. The summed E-state index contributed by atoms with van der Waals surface area (Å²) in [7, 11) is -2.59. The summed E-state index contributed by atoms with van der Waals surface area (Å²) in [4.78, 5) is 29.1. The van der Waals surface area contributed by atoms with Gasteiger partial charge in [-0.3, -0.25) is 9.78 Å². The molecule has 2 aromatic carbocycles. The van der Waals surface area contributed by atoms with Crippen molar-refractivity contribution in [1.29, 1.82) is 0 Å². The minimum absolute atomic E-state index is 0.0829. The number of carbonyl (C=O) groups is 1. The zero-order valence-corrected chi connectivity index (χ0v) is 25.7. The van der Waals surface area contributed by atoms with Gasteiger partial charge in [-0.15, -0.1) is 0 Å². The van der Waals surface area contributed by atoms with Crippen LogP contribution in [0.1, 0.15) is 47.3 Å². The second-order valence-electron chi connectivity index (χ2n) is 11.0. The summed E-state index contributed by atoms with van der Waals surface area (Å²) < 4.78 is 41.4. The molecule has 0 saturated heterocycles. The highest BCUT2D eigenvalue weighted by atomic mass is 32.2. The van der Waals surface area contributed by atoms with E-state index in [1.54, 1.807) is 48.7 Å². The first kappa shape index (κ1) is 30.0. The third-order valence-electron chi connectivity index (χ3n) is 7.35. The molecule has 5 rings (SSSR count). The maximum absolute atomic E-state index is 14.2. The number of fused-ring (bicyclic) bond motifs is 4. The number of hydrogen-bond donors (Lipinski definition) is 1. The van der Waals surface area contributed by atoms with Crippen molar-refractivity contribution in [2.75, 3.05) is 18.4 Å². The molecule has 0 saturated carbocycles. The number of carbonyl (C=O) groups excluding carboxylic acids is 1. The second-order valence-corrected chi connectivity index (χ2v) is 12.7. The van der Waals surface area contributed by atoms with E-state index in [4.69, 9.17) is 9.47 Å². The van der Waals surface area contributed by atoms with E-state index in [9.17, 15) is 13.2 Å². The van der Waals surface area contributed by atoms with Gasteiger partial charge in [0, 0.05) is 35.2 Å². The molecule has 1 aliphatic heterocycles. The molecule has 11 heteroatoms. The lowest BCUT2D eigenvalue weighted by Crippen LogP contribution is -2.44. The molecule has 1 amide bonds. The highest BCUT2D eigenvalue weighted by Crippen LogP contribution is 2.31. The monoisotopic (exact) mass is 601 g/mol. The van der Waals surface area contributed by atoms with E-state index in [0.717, 1.165) is 16.7 Å². The molecule has 0 spiro atoms. The highest BCUT2D eigenvalue weighted by Gasteiger charge is 2.30. The first-order valence-corrected chi connectivity index (χ1v) is 15.5. The number of benzene rings is 2. The van der Waals surface area contributed by atoms with E-state index in [2.05, 4.69) is 33.5 Å². The average Bonchev–Trinajstić information content (AvgIpc) is 2.97. The van der Waals surface area contributed by atoms with Gasteiger partial charge in [0.1, 0.15) is 12.4 Å². The molecule has 4 aromatic rings. The van der Waals surface area contributed by atoms with Gasteiger partial charge in [0.05, 0.1) is 30.3 Å². The van der Waals surface area contributed by atoms with Gasteiger partial charge in [0.2, 0.25) is 11.8 Å². The zero-order chi connectivity index (χ0) is 30.7. The number of hydrogen-bond acceptors (Lipinski definition) is 8. The number of aryl methyl sites for hydroxylation is 2. The molecular weight excluding hydrogens is 566 g/mol. The Balaban J connectivity index is 1.68. The summed E-state index contributed by atoms with van der Waals surface area (Å²) in [5, 5.41) is 0. The van der Waals surface area contributed by atoms with Crippen molar-refractivity contribution in [2.24, 2.45) is 5.92 Å². The molecule has 1 aliphatic rings. The molecule has 4 bridgehead atoms. The standard InChI is InChI=1S/C32H35N5O5S/c1-20(2)14-25-19-42-29-16-27(30-21(3)8-6-9-22(30)4)34-32(35-29)36-43(39,40)26-11-7-10-23(15-26)31(38)37(25)18-24-17-33-13-12-28(24)41-5/h6-13,15-17,20,25H,14,18-19H2,1-5H3,(H,34,35,36)/t25-/m1/s1. The van der Waals surface area contributed by atoms with Crippen molar-refractivity contribution in [1.82, 2.24) is 19.9 Å². The van der Waals surface area contributed by atoms with Crippen LogP contribution in [0, 0.1) is 19.8 Å². The minimum atomic E-state index is -4.15. The Labute approximate surface area is 252 Å². The van der Waals surface area contributed by atoms with Gasteiger partial charge in [-0.1, -0.05) is 38.1 Å². The van der Waals surface area contributed by atoms with Crippen LogP contribution in [-0.4, -0.2) is 53.9 Å². The van der Waals surface area contributed by atoms with Crippen LogP contribution in [0.3, 0.4) is 0 Å². The van der Waals surface area contributed by atoms with E-state index < -0.39 is 16.1 Å². The molecule has 1 atom stereocenters. The molecule has 0 unspecified atom stereocenters. The van der Waals surface area contributed by atoms with Crippen LogP contribution in [-0.2, 0) is 16.6 Å². The number of amides is 1. The van der Waals surface area contributed by atoms with E-state index in [-0.39, 0.29) is 47.3 Å². The van der Waals surface area contributed by atoms with Gasteiger partial charge in [-0.05, 0) is 61.6 Å². The van der Waals surface area contributed by atoms with Gasteiger partial charge in [0.25, 0.3) is 15.9 Å². The highest BCUT2D eigenvalue weighted by molar-refractivity contribution is 7.92. The van der Waals surface area contributed by atoms with Crippen LogP contribution < -0.4 is 14.2 Å². The number of pyridine rings is 1.